The van der Waals surface area contributed by atoms with Gasteiger partial charge in [-0.05, 0) is 48.6 Å². The van der Waals surface area contributed by atoms with E-state index in [1.165, 1.54) is 37.7 Å². The molecule has 6 nitrogen and oxygen atoms in total. The van der Waals surface area contributed by atoms with E-state index in [0.29, 0.717) is 5.92 Å². The third kappa shape index (κ3) is 3.84. The second kappa shape index (κ2) is 8.08. The van der Waals surface area contributed by atoms with Crippen LogP contribution in [0.3, 0.4) is 0 Å². The maximum atomic E-state index is 9.89. The Balaban J connectivity index is 1.35. The normalized spacial score (nSPS) is 16.4. The first-order valence-electron chi connectivity index (χ1n) is 10.3. The number of nitrogens with zero attached hydrogens (tertiary/aromatic N) is 4. The van der Waals surface area contributed by atoms with Gasteiger partial charge in [0.2, 0.25) is 0 Å². The molecule has 1 fully saturated rings. The minimum Gasteiger partial charge on any atom is -0.394 e. The Bertz CT molecular complexity index is 1110. The standard InChI is InChI=1S/C22H25N5OS/c28-13-19(16-5-2-1-3-6-16)26-22-25-17-9-8-15(11-20(17)29-22)12-27-14-24-18-7-4-10-23-21(18)27/h4,7-11,14,16,19,28H,1-3,5-6,12-13H2,(H,25,26)/t19-/m0/s1. The van der Waals surface area contributed by atoms with Gasteiger partial charge in [-0.1, -0.05) is 36.7 Å². The van der Waals surface area contributed by atoms with Crippen molar-refractivity contribution in [2.75, 3.05) is 11.9 Å². The highest BCUT2D eigenvalue weighted by Crippen LogP contribution is 2.31. The van der Waals surface area contributed by atoms with Crippen molar-refractivity contribution < 1.29 is 5.11 Å². The van der Waals surface area contributed by atoms with E-state index in [1.54, 1.807) is 17.5 Å². The number of aliphatic hydroxyl groups excluding tert-OH is 1. The summed E-state index contributed by atoms with van der Waals surface area (Å²) in [6, 6.07) is 10.4. The maximum absolute atomic E-state index is 9.89. The second-order valence-electron chi connectivity index (χ2n) is 7.87. The Morgan fingerprint density at radius 1 is 1.14 bits per heavy atom. The average molecular weight is 408 g/mol. The molecule has 1 aliphatic carbocycles. The summed E-state index contributed by atoms with van der Waals surface area (Å²) < 4.78 is 3.23. The van der Waals surface area contributed by atoms with E-state index in [2.05, 4.69) is 38.1 Å². The molecule has 4 aromatic rings. The number of pyridine rings is 1. The van der Waals surface area contributed by atoms with Crippen molar-refractivity contribution in [1.82, 2.24) is 19.5 Å². The van der Waals surface area contributed by atoms with Crippen molar-refractivity contribution in [3.8, 4) is 0 Å². The second-order valence-corrected chi connectivity index (χ2v) is 8.90. The largest absolute Gasteiger partial charge is 0.394 e. The van der Waals surface area contributed by atoms with E-state index in [0.717, 1.165) is 33.1 Å². The molecule has 1 saturated carbocycles. The number of anilines is 1. The van der Waals surface area contributed by atoms with E-state index >= 15 is 0 Å². The van der Waals surface area contributed by atoms with Crippen molar-refractivity contribution in [1.29, 1.82) is 0 Å². The monoisotopic (exact) mass is 407 g/mol. The molecule has 0 unspecified atom stereocenters. The van der Waals surface area contributed by atoms with Crippen LogP contribution in [0.15, 0.2) is 42.9 Å². The van der Waals surface area contributed by atoms with Gasteiger partial charge in [-0.25, -0.2) is 15.0 Å². The maximum Gasteiger partial charge on any atom is 0.184 e. The average Bonchev–Trinajstić information content (AvgIpc) is 3.36. The summed E-state index contributed by atoms with van der Waals surface area (Å²) in [7, 11) is 0. The van der Waals surface area contributed by atoms with Gasteiger partial charge < -0.3 is 15.0 Å². The Labute approximate surface area is 173 Å². The van der Waals surface area contributed by atoms with Crippen molar-refractivity contribution in [2.45, 2.75) is 44.7 Å². The molecule has 0 bridgehead atoms. The van der Waals surface area contributed by atoms with Crippen LogP contribution in [0.4, 0.5) is 5.13 Å². The molecular weight excluding hydrogens is 382 g/mol. The summed E-state index contributed by atoms with van der Waals surface area (Å²) in [5.74, 6) is 0.540. The molecule has 2 N–H and O–H groups in total. The molecule has 1 aliphatic rings. The highest BCUT2D eigenvalue weighted by atomic mass is 32.1. The molecule has 3 aromatic heterocycles. The Hall–Kier alpha value is -2.51. The summed E-state index contributed by atoms with van der Waals surface area (Å²) in [6.45, 7) is 0.887. The molecule has 0 saturated heterocycles. The molecule has 150 valence electrons. The van der Waals surface area contributed by atoms with Gasteiger partial charge in [0, 0.05) is 6.20 Å². The quantitative estimate of drug-likeness (QED) is 0.494. The van der Waals surface area contributed by atoms with E-state index in [9.17, 15) is 5.11 Å². The van der Waals surface area contributed by atoms with Gasteiger partial charge in [-0.3, -0.25) is 0 Å². The number of hydrogen-bond acceptors (Lipinski definition) is 6. The molecule has 0 aliphatic heterocycles. The zero-order chi connectivity index (χ0) is 19.6. The minimum absolute atomic E-state index is 0.0960. The zero-order valence-corrected chi connectivity index (χ0v) is 17.1. The number of rotatable bonds is 6. The molecule has 7 heteroatoms. The lowest BCUT2D eigenvalue weighted by Crippen LogP contribution is -2.33. The number of nitrogens with one attached hydrogen (secondary N) is 1. The number of aromatic nitrogens is 4. The van der Waals surface area contributed by atoms with Crippen LogP contribution in [0.1, 0.15) is 37.7 Å². The van der Waals surface area contributed by atoms with Crippen LogP contribution in [0.2, 0.25) is 0 Å². The molecular formula is C22H25N5OS. The summed E-state index contributed by atoms with van der Waals surface area (Å²) in [5, 5.41) is 14.3. The summed E-state index contributed by atoms with van der Waals surface area (Å²) in [5.41, 5.74) is 4.01. The summed E-state index contributed by atoms with van der Waals surface area (Å²) in [4.78, 5) is 13.6. The van der Waals surface area contributed by atoms with Gasteiger partial charge in [0.25, 0.3) is 0 Å². The van der Waals surface area contributed by atoms with E-state index < -0.39 is 0 Å². The number of hydrogen-bond donors (Lipinski definition) is 2. The number of imidazole rings is 1. The lowest BCUT2D eigenvalue weighted by atomic mass is 9.84. The van der Waals surface area contributed by atoms with E-state index in [4.69, 9.17) is 4.98 Å². The molecule has 3 heterocycles. The first-order valence-corrected chi connectivity index (χ1v) is 11.1. The number of thiazole rings is 1. The third-order valence-corrected chi connectivity index (χ3v) is 6.85. The van der Waals surface area contributed by atoms with Crippen LogP contribution >= 0.6 is 11.3 Å². The predicted octanol–water partition coefficient (Wildman–Crippen LogP) is 4.44. The van der Waals surface area contributed by atoms with Crippen molar-refractivity contribution in [2.24, 2.45) is 5.92 Å². The Morgan fingerprint density at radius 3 is 2.90 bits per heavy atom. The van der Waals surface area contributed by atoms with Crippen molar-refractivity contribution in [3.63, 3.8) is 0 Å². The molecule has 1 aromatic carbocycles. The fraction of sp³-hybridized carbons (Fsp3) is 0.409. The van der Waals surface area contributed by atoms with Crippen LogP contribution < -0.4 is 5.32 Å². The van der Waals surface area contributed by atoms with E-state index in [1.807, 2.05) is 18.5 Å². The first kappa shape index (κ1) is 18.5. The zero-order valence-electron chi connectivity index (χ0n) is 16.3. The number of aliphatic hydroxyl groups is 1. The van der Waals surface area contributed by atoms with Gasteiger partial charge in [0.05, 0.1) is 35.7 Å². The molecule has 1 atom stereocenters. The van der Waals surface area contributed by atoms with Gasteiger partial charge in [0.1, 0.15) is 5.52 Å². The topological polar surface area (TPSA) is 75.9 Å². The van der Waals surface area contributed by atoms with Gasteiger partial charge >= 0.3 is 0 Å². The predicted molar refractivity (Wildman–Crippen MR) is 117 cm³/mol. The minimum atomic E-state index is 0.0960. The van der Waals surface area contributed by atoms with Crippen molar-refractivity contribution in [3.05, 3.63) is 48.4 Å². The third-order valence-electron chi connectivity index (χ3n) is 5.90. The fourth-order valence-electron chi connectivity index (χ4n) is 4.35. The number of fused-ring (bicyclic) bond motifs is 2. The lowest BCUT2D eigenvalue weighted by molar-refractivity contribution is 0.209. The summed E-state index contributed by atoms with van der Waals surface area (Å²) in [6.07, 6.45) is 9.89. The smallest absolute Gasteiger partial charge is 0.184 e. The van der Waals surface area contributed by atoms with Crippen LogP contribution in [0, 0.1) is 5.92 Å². The van der Waals surface area contributed by atoms with Gasteiger partial charge in [0.15, 0.2) is 10.8 Å². The molecule has 29 heavy (non-hydrogen) atoms. The van der Waals surface area contributed by atoms with Crippen molar-refractivity contribution >= 4 is 37.8 Å². The molecule has 0 spiro atoms. The highest BCUT2D eigenvalue weighted by molar-refractivity contribution is 7.22. The van der Waals surface area contributed by atoms with Crippen LogP contribution in [0.5, 0.6) is 0 Å². The SMILES string of the molecule is OC[C@H](Nc1nc2ccc(Cn3cnc4cccnc43)cc2s1)C1CCCCC1. The summed E-state index contributed by atoms with van der Waals surface area (Å²) >= 11 is 1.66. The van der Waals surface area contributed by atoms with Crippen LogP contribution in [-0.4, -0.2) is 37.3 Å². The number of benzene rings is 1. The van der Waals surface area contributed by atoms with Gasteiger partial charge in [-0.15, -0.1) is 0 Å². The highest BCUT2D eigenvalue weighted by Gasteiger charge is 2.23. The lowest BCUT2D eigenvalue weighted by Gasteiger charge is -2.29. The molecule has 0 amide bonds. The Kier molecular flexibility index (Phi) is 5.16. The van der Waals surface area contributed by atoms with Crippen LogP contribution in [0.25, 0.3) is 21.4 Å². The van der Waals surface area contributed by atoms with Crippen LogP contribution in [-0.2, 0) is 6.54 Å². The first-order chi connectivity index (χ1) is 14.3. The molecule has 0 radical (unpaired) electrons. The van der Waals surface area contributed by atoms with E-state index in [-0.39, 0.29) is 12.6 Å². The molecule has 5 rings (SSSR count). The Morgan fingerprint density at radius 2 is 2.03 bits per heavy atom. The van der Waals surface area contributed by atoms with Gasteiger partial charge in [-0.2, -0.15) is 0 Å². The fourth-order valence-corrected chi connectivity index (χ4v) is 5.34.